The normalized spacial score (nSPS) is 19.2. The number of benzene rings is 1. The lowest BCUT2D eigenvalue weighted by Gasteiger charge is -2.17. The second-order valence-electron chi connectivity index (χ2n) is 8.19. The van der Waals surface area contributed by atoms with Gasteiger partial charge in [-0.1, -0.05) is 5.21 Å². The zero-order valence-corrected chi connectivity index (χ0v) is 16.8. The van der Waals surface area contributed by atoms with Crippen molar-refractivity contribution in [2.75, 3.05) is 11.9 Å². The molecule has 158 valence electrons. The van der Waals surface area contributed by atoms with Gasteiger partial charge in [-0.15, -0.1) is 5.10 Å². The smallest absolute Gasteiger partial charge is 0.306 e. The standard InChI is InChI=1S/C20H24N6O4/c1-20(2,29)11-30-15-7-5-14(6-8-15)26-17-16(24-25-26)10-21-19(23-17)22-13-4-3-12(9-13)18(27)28/h5-8,10,12-13,29H,3-4,9,11H2,1-2H3,(H,27,28)(H,21,22,23)/t12-,13-/m1/s1. The van der Waals surface area contributed by atoms with Crippen LogP contribution in [0, 0.1) is 5.92 Å². The Morgan fingerprint density at radius 1 is 1.30 bits per heavy atom. The molecule has 2 aromatic heterocycles. The molecule has 1 fully saturated rings. The van der Waals surface area contributed by atoms with Crippen LogP contribution in [-0.4, -0.2) is 59.4 Å². The molecule has 4 rings (SSSR count). The molecule has 2 heterocycles. The molecule has 2 atom stereocenters. The van der Waals surface area contributed by atoms with Gasteiger partial charge in [-0.2, -0.15) is 9.67 Å². The molecule has 3 aromatic rings. The fourth-order valence-corrected chi connectivity index (χ4v) is 3.43. The van der Waals surface area contributed by atoms with E-state index in [1.54, 1.807) is 36.9 Å². The fraction of sp³-hybridized carbons (Fsp3) is 0.450. The Balaban J connectivity index is 1.51. The molecule has 0 saturated heterocycles. The number of hydrogen-bond acceptors (Lipinski definition) is 8. The molecule has 0 radical (unpaired) electrons. The van der Waals surface area contributed by atoms with Crippen molar-refractivity contribution in [1.29, 1.82) is 0 Å². The van der Waals surface area contributed by atoms with E-state index in [-0.39, 0.29) is 18.6 Å². The van der Waals surface area contributed by atoms with Crippen LogP contribution in [0.25, 0.3) is 16.9 Å². The van der Waals surface area contributed by atoms with Crippen molar-refractivity contribution in [2.45, 2.75) is 44.8 Å². The number of carbonyl (C=O) groups is 1. The second-order valence-corrected chi connectivity index (χ2v) is 8.19. The molecule has 10 nitrogen and oxygen atoms in total. The molecule has 1 aromatic carbocycles. The van der Waals surface area contributed by atoms with Crippen LogP contribution >= 0.6 is 0 Å². The Hall–Kier alpha value is -3.27. The maximum atomic E-state index is 11.2. The number of nitrogens with one attached hydrogen (secondary N) is 1. The minimum Gasteiger partial charge on any atom is -0.491 e. The van der Waals surface area contributed by atoms with E-state index in [1.807, 2.05) is 12.1 Å². The van der Waals surface area contributed by atoms with Crippen LogP contribution in [0.5, 0.6) is 5.75 Å². The van der Waals surface area contributed by atoms with Crippen LogP contribution in [0.4, 0.5) is 5.95 Å². The van der Waals surface area contributed by atoms with E-state index in [2.05, 4.69) is 25.6 Å². The number of rotatable bonds is 7. The van der Waals surface area contributed by atoms with Crippen molar-refractivity contribution in [1.82, 2.24) is 25.0 Å². The summed E-state index contributed by atoms with van der Waals surface area (Å²) in [6, 6.07) is 7.27. The van der Waals surface area contributed by atoms with Gasteiger partial charge in [-0.25, -0.2) is 4.98 Å². The molecular formula is C20H24N6O4. The Bertz CT molecular complexity index is 1040. The molecular weight excluding hydrogens is 388 g/mol. The highest BCUT2D eigenvalue weighted by atomic mass is 16.5. The Morgan fingerprint density at radius 2 is 2.07 bits per heavy atom. The third kappa shape index (κ3) is 4.48. The number of aromatic nitrogens is 5. The van der Waals surface area contributed by atoms with E-state index in [1.165, 1.54) is 0 Å². The van der Waals surface area contributed by atoms with Gasteiger partial charge < -0.3 is 20.3 Å². The van der Waals surface area contributed by atoms with E-state index in [0.29, 0.717) is 35.7 Å². The zero-order chi connectivity index (χ0) is 21.3. The van der Waals surface area contributed by atoms with Gasteiger partial charge in [-0.3, -0.25) is 4.79 Å². The maximum absolute atomic E-state index is 11.2. The molecule has 0 bridgehead atoms. The first-order valence-electron chi connectivity index (χ1n) is 9.82. The summed E-state index contributed by atoms with van der Waals surface area (Å²) in [5.41, 5.74) is 0.943. The van der Waals surface area contributed by atoms with Crippen molar-refractivity contribution in [2.24, 2.45) is 5.92 Å². The highest BCUT2D eigenvalue weighted by molar-refractivity contribution is 5.72. The van der Waals surface area contributed by atoms with Crippen LogP contribution < -0.4 is 10.1 Å². The van der Waals surface area contributed by atoms with Crippen LogP contribution in [-0.2, 0) is 4.79 Å². The number of carboxylic acid groups (broad SMARTS) is 1. The van der Waals surface area contributed by atoms with E-state index in [4.69, 9.17) is 9.84 Å². The van der Waals surface area contributed by atoms with Crippen LogP contribution in [0.2, 0.25) is 0 Å². The van der Waals surface area contributed by atoms with Gasteiger partial charge >= 0.3 is 5.97 Å². The predicted molar refractivity (Wildman–Crippen MR) is 109 cm³/mol. The highest BCUT2D eigenvalue weighted by Gasteiger charge is 2.30. The highest BCUT2D eigenvalue weighted by Crippen LogP contribution is 2.28. The molecule has 1 saturated carbocycles. The van der Waals surface area contributed by atoms with Crippen molar-refractivity contribution >= 4 is 23.1 Å². The largest absolute Gasteiger partial charge is 0.491 e. The second kappa shape index (κ2) is 7.86. The lowest BCUT2D eigenvalue weighted by molar-refractivity contribution is -0.141. The average Bonchev–Trinajstić information content (AvgIpc) is 3.33. The Morgan fingerprint density at radius 3 is 2.73 bits per heavy atom. The summed E-state index contributed by atoms with van der Waals surface area (Å²) in [4.78, 5) is 20.0. The maximum Gasteiger partial charge on any atom is 0.306 e. The van der Waals surface area contributed by atoms with Gasteiger partial charge in [-0.05, 0) is 57.4 Å². The Labute approximate surface area is 172 Å². The van der Waals surface area contributed by atoms with Crippen LogP contribution in [0.15, 0.2) is 30.5 Å². The predicted octanol–water partition coefficient (Wildman–Crippen LogP) is 2.03. The van der Waals surface area contributed by atoms with Gasteiger partial charge in [0, 0.05) is 6.04 Å². The van der Waals surface area contributed by atoms with Crippen LogP contribution in [0.1, 0.15) is 33.1 Å². The number of fused-ring (bicyclic) bond motifs is 1. The van der Waals surface area contributed by atoms with E-state index >= 15 is 0 Å². The number of hydrogen-bond donors (Lipinski definition) is 3. The minimum absolute atomic E-state index is 0.0279. The molecule has 30 heavy (non-hydrogen) atoms. The topological polar surface area (TPSA) is 135 Å². The first kappa shape index (κ1) is 20.0. The first-order valence-corrected chi connectivity index (χ1v) is 9.82. The number of aliphatic carboxylic acids is 1. The Kier molecular flexibility index (Phi) is 5.25. The van der Waals surface area contributed by atoms with E-state index < -0.39 is 11.6 Å². The average molecular weight is 412 g/mol. The molecule has 1 aliphatic carbocycles. The van der Waals surface area contributed by atoms with Gasteiger partial charge in [0.25, 0.3) is 0 Å². The number of aliphatic hydroxyl groups is 1. The molecule has 1 aliphatic rings. The monoisotopic (exact) mass is 412 g/mol. The van der Waals surface area contributed by atoms with E-state index in [9.17, 15) is 9.90 Å². The summed E-state index contributed by atoms with van der Waals surface area (Å²) >= 11 is 0. The molecule has 0 aliphatic heterocycles. The van der Waals surface area contributed by atoms with Gasteiger partial charge in [0.1, 0.15) is 12.4 Å². The molecule has 0 amide bonds. The van der Waals surface area contributed by atoms with Crippen molar-refractivity contribution in [3.63, 3.8) is 0 Å². The lowest BCUT2D eigenvalue weighted by atomic mass is 10.1. The minimum atomic E-state index is -0.912. The van der Waals surface area contributed by atoms with Gasteiger partial charge in [0.05, 0.1) is 23.4 Å². The van der Waals surface area contributed by atoms with Crippen molar-refractivity contribution in [3.8, 4) is 11.4 Å². The number of nitrogens with zero attached hydrogens (tertiary/aromatic N) is 5. The third-order valence-electron chi connectivity index (χ3n) is 4.98. The lowest BCUT2D eigenvalue weighted by Crippen LogP contribution is -2.27. The molecule has 10 heteroatoms. The summed E-state index contributed by atoms with van der Waals surface area (Å²) < 4.78 is 7.18. The summed E-state index contributed by atoms with van der Waals surface area (Å²) in [5.74, 6) is -0.0211. The number of anilines is 1. The summed E-state index contributed by atoms with van der Waals surface area (Å²) in [5, 5.41) is 30.4. The zero-order valence-electron chi connectivity index (χ0n) is 16.8. The summed E-state index contributed by atoms with van der Waals surface area (Å²) in [6.07, 6.45) is 3.57. The molecule has 3 N–H and O–H groups in total. The SMILES string of the molecule is CC(C)(O)COc1ccc(-n2nnc3cnc(N[C@@H]4CC[C@@H](C(=O)O)C4)nc32)cc1. The fourth-order valence-electron chi connectivity index (χ4n) is 3.43. The van der Waals surface area contributed by atoms with E-state index in [0.717, 1.165) is 12.1 Å². The quantitative estimate of drug-likeness (QED) is 0.532. The van der Waals surface area contributed by atoms with Gasteiger partial charge in [0.15, 0.2) is 11.2 Å². The van der Waals surface area contributed by atoms with Gasteiger partial charge in [0.2, 0.25) is 5.95 Å². The molecule has 0 unspecified atom stereocenters. The third-order valence-corrected chi connectivity index (χ3v) is 4.98. The summed E-state index contributed by atoms with van der Waals surface area (Å²) in [7, 11) is 0. The first-order chi connectivity index (χ1) is 14.3. The van der Waals surface area contributed by atoms with Crippen molar-refractivity contribution in [3.05, 3.63) is 30.5 Å². The number of ether oxygens (including phenoxy) is 1. The van der Waals surface area contributed by atoms with Crippen molar-refractivity contribution < 1.29 is 19.7 Å². The number of carboxylic acids is 1. The van der Waals surface area contributed by atoms with Crippen LogP contribution in [0.3, 0.4) is 0 Å². The molecule has 0 spiro atoms. The summed E-state index contributed by atoms with van der Waals surface area (Å²) in [6.45, 7) is 3.55.